The minimum absolute atomic E-state index is 0.0229. The van der Waals surface area contributed by atoms with Crippen LogP contribution in [0.3, 0.4) is 0 Å². The molecule has 0 aromatic heterocycles. The molecule has 0 aliphatic heterocycles. The van der Waals surface area contributed by atoms with Crippen LogP contribution < -0.4 is 5.73 Å². The normalized spacial score (nSPS) is 13.0. The van der Waals surface area contributed by atoms with Gasteiger partial charge in [-0.15, -0.1) is 0 Å². The van der Waals surface area contributed by atoms with Gasteiger partial charge in [-0.25, -0.2) is 0 Å². The van der Waals surface area contributed by atoms with E-state index >= 15 is 0 Å². The molecule has 0 bridgehead atoms. The van der Waals surface area contributed by atoms with E-state index in [9.17, 15) is 4.79 Å². The third kappa shape index (κ3) is 4.13. The first-order valence-corrected chi connectivity index (χ1v) is 4.05. The van der Waals surface area contributed by atoms with E-state index < -0.39 is 0 Å². The van der Waals surface area contributed by atoms with Crippen LogP contribution in [0.1, 0.15) is 19.8 Å². The Hall–Kier alpha value is -0.830. The largest absolute Gasteiger partial charge is 0.403 e. The molecule has 3 nitrogen and oxygen atoms in total. The maximum atomic E-state index is 11.1. The summed E-state index contributed by atoms with van der Waals surface area (Å²) in [4.78, 5) is 13.0. The molecule has 0 aromatic rings. The predicted molar refractivity (Wildman–Crippen MR) is 50.7 cm³/mol. The van der Waals surface area contributed by atoms with Crippen LogP contribution in [0, 0.1) is 0 Å². The fourth-order valence-corrected chi connectivity index (χ4v) is 1.15. The van der Waals surface area contributed by atoms with E-state index in [1.54, 1.807) is 6.92 Å². The van der Waals surface area contributed by atoms with Crippen molar-refractivity contribution < 1.29 is 4.79 Å². The van der Waals surface area contributed by atoms with Crippen molar-refractivity contribution in [2.24, 2.45) is 5.73 Å². The first-order valence-electron chi connectivity index (χ1n) is 4.05. The summed E-state index contributed by atoms with van der Waals surface area (Å²) in [6.07, 6.45) is 1.47. The number of carbonyl (C=O) groups excluding carboxylic acids is 1. The lowest BCUT2D eigenvalue weighted by atomic mass is 10.1. The Morgan fingerprint density at radius 2 is 2.08 bits per heavy atom. The molecule has 0 aromatic carbocycles. The van der Waals surface area contributed by atoms with Crippen LogP contribution in [0.5, 0.6) is 0 Å². The minimum Gasteiger partial charge on any atom is -0.403 e. The molecule has 70 valence electrons. The highest BCUT2D eigenvalue weighted by molar-refractivity contribution is 5.81. The predicted octanol–water partition coefficient (Wildman–Crippen LogP) is 0.758. The third-order valence-corrected chi connectivity index (χ3v) is 1.83. The second-order valence-corrected chi connectivity index (χ2v) is 3.29. The first-order chi connectivity index (χ1) is 5.45. The van der Waals surface area contributed by atoms with Gasteiger partial charge >= 0.3 is 0 Å². The standard InChI is InChI=1S/C9H18N2O/c1-7(10)5-6-9(8(2)12)11(3)4/h9H,1,5-6,10H2,2-4H3/t9-/m0/s1. The quantitative estimate of drug-likeness (QED) is 0.662. The van der Waals surface area contributed by atoms with Gasteiger partial charge in [0.2, 0.25) is 0 Å². The molecule has 0 saturated carbocycles. The summed E-state index contributed by atoms with van der Waals surface area (Å²) < 4.78 is 0. The highest BCUT2D eigenvalue weighted by Crippen LogP contribution is 2.06. The van der Waals surface area contributed by atoms with Crippen LogP contribution in [0.2, 0.25) is 0 Å². The van der Waals surface area contributed by atoms with Gasteiger partial charge in [0.15, 0.2) is 0 Å². The molecule has 0 amide bonds. The fraction of sp³-hybridized carbons (Fsp3) is 0.667. The molecule has 0 spiro atoms. The van der Waals surface area contributed by atoms with Crippen LogP contribution in [-0.4, -0.2) is 30.8 Å². The van der Waals surface area contributed by atoms with Crippen molar-refractivity contribution in [1.29, 1.82) is 0 Å². The van der Waals surface area contributed by atoms with Crippen molar-refractivity contribution in [3.8, 4) is 0 Å². The number of nitrogens with two attached hydrogens (primary N) is 1. The maximum absolute atomic E-state index is 11.1. The van der Waals surface area contributed by atoms with Gasteiger partial charge in [0.05, 0.1) is 6.04 Å². The van der Waals surface area contributed by atoms with E-state index in [0.717, 1.165) is 6.42 Å². The zero-order valence-electron chi connectivity index (χ0n) is 8.13. The van der Waals surface area contributed by atoms with E-state index in [1.165, 1.54) is 0 Å². The topological polar surface area (TPSA) is 46.3 Å². The SMILES string of the molecule is C=C(N)CC[C@@H](C(C)=O)N(C)C. The van der Waals surface area contributed by atoms with Crippen molar-refractivity contribution in [2.75, 3.05) is 14.1 Å². The minimum atomic E-state index is -0.0229. The Balaban J connectivity index is 3.97. The molecule has 0 heterocycles. The van der Waals surface area contributed by atoms with E-state index in [2.05, 4.69) is 6.58 Å². The van der Waals surface area contributed by atoms with Gasteiger partial charge < -0.3 is 5.73 Å². The molecule has 0 rings (SSSR count). The summed E-state index contributed by atoms with van der Waals surface area (Å²) >= 11 is 0. The molecule has 0 fully saturated rings. The second kappa shape index (κ2) is 4.93. The number of allylic oxidation sites excluding steroid dienone is 1. The molecule has 0 aliphatic carbocycles. The molecule has 0 saturated heterocycles. The van der Waals surface area contributed by atoms with Gasteiger partial charge in [-0.3, -0.25) is 9.69 Å². The van der Waals surface area contributed by atoms with Gasteiger partial charge in [0.25, 0.3) is 0 Å². The van der Waals surface area contributed by atoms with E-state index in [-0.39, 0.29) is 11.8 Å². The van der Waals surface area contributed by atoms with Crippen molar-refractivity contribution in [2.45, 2.75) is 25.8 Å². The van der Waals surface area contributed by atoms with Gasteiger partial charge in [0.1, 0.15) is 5.78 Å². The number of Topliss-reactive ketones (excluding diaryl/α,β-unsaturated/α-hetero) is 1. The monoisotopic (exact) mass is 170 g/mol. The van der Waals surface area contributed by atoms with Crippen molar-refractivity contribution >= 4 is 5.78 Å². The highest BCUT2D eigenvalue weighted by atomic mass is 16.1. The zero-order valence-corrected chi connectivity index (χ0v) is 8.13. The summed E-state index contributed by atoms with van der Waals surface area (Å²) in [5.74, 6) is 0.182. The lowest BCUT2D eigenvalue weighted by molar-refractivity contribution is -0.121. The fourth-order valence-electron chi connectivity index (χ4n) is 1.15. The van der Waals surface area contributed by atoms with Gasteiger partial charge in [-0.2, -0.15) is 0 Å². The number of rotatable bonds is 5. The molecular weight excluding hydrogens is 152 g/mol. The summed E-state index contributed by atoms with van der Waals surface area (Å²) in [7, 11) is 3.79. The summed E-state index contributed by atoms with van der Waals surface area (Å²) in [6.45, 7) is 5.19. The average Bonchev–Trinajstić information content (AvgIpc) is 1.84. The number of hydrogen-bond acceptors (Lipinski definition) is 3. The van der Waals surface area contributed by atoms with Crippen LogP contribution in [0.4, 0.5) is 0 Å². The van der Waals surface area contributed by atoms with E-state index in [0.29, 0.717) is 12.1 Å². The van der Waals surface area contributed by atoms with Gasteiger partial charge in [-0.1, -0.05) is 6.58 Å². The van der Waals surface area contributed by atoms with Crippen LogP contribution in [0.25, 0.3) is 0 Å². The Bertz CT molecular complexity index is 175. The second-order valence-electron chi connectivity index (χ2n) is 3.29. The molecule has 1 atom stereocenters. The van der Waals surface area contributed by atoms with Crippen LogP contribution in [0.15, 0.2) is 12.3 Å². The first kappa shape index (κ1) is 11.2. The molecule has 3 heteroatoms. The Morgan fingerprint density at radius 3 is 2.33 bits per heavy atom. The van der Waals surface area contributed by atoms with Crippen LogP contribution >= 0.6 is 0 Å². The van der Waals surface area contributed by atoms with Crippen molar-refractivity contribution in [3.63, 3.8) is 0 Å². The summed E-state index contributed by atoms with van der Waals surface area (Å²) in [5, 5.41) is 0. The number of carbonyl (C=O) groups is 1. The molecular formula is C9H18N2O. The van der Waals surface area contributed by atoms with Crippen LogP contribution in [-0.2, 0) is 4.79 Å². The van der Waals surface area contributed by atoms with E-state index in [1.807, 2.05) is 19.0 Å². The number of hydrogen-bond donors (Lipinski definition) is 1. The number of likely N-dealkylation sites (N-methyl/N-ethyl adjacent to an activating group) is 1. The smallest absolute Gasteiger partial charge is 0.146 e. The highest BCUT2D eigenvalue weighted by Gasteiger charge is 2.15. The lowest BCUT2D eigenvalue weighted by Crippen LogP contribution is -2.34. The Morgan fingerprint density at radius 1 is 1.58 bits per heavy atom. The summed E-state index contributed by atoms with van der Waals surface area (Å²) in [5.41, 5.74) is 6.06. The maximum Gasteiger partial charge on any atom is 0.146 e. The molecule has 0 aliphatic rings. The summed E-state index contributed by atoms with van der Waals surface area (Å²) in [6, 6.07) is -0.0229. The third-order valence-electron chi connectivity index (χ3n) is 1.83. The molecule has 12 heavy (non-hydrogen) atoms. The Kier molecular flexibility index (Phi) is 4.59. The van der Waals surface area contributed by atoms with Gasteiger partial charge in [-0.05, 0) is 33.9 Å². The number of nitrogens with zero attached hydrogens (tertiary/aromatic N) is 1. The molecule has 0 unspecified atom stereocenters. The van der Waals surface area contributed by atoms with Crippen molar-refractivity contribution in [3.05, 3.63) is 12.3 Å². The van der Waals surface area contributed by atoms with Crippen molar-refractivity contribution in [1.82, 2.24) is 4.90 Å². The number of ketones is 1. The zero-order chi connectivity index (χ0) is 9.72. The van der Waals surface area contributed by atoms with Gasteiger partial charge in [0, 0.05) is 5.70 Å². The average molecular weight is 170 g/mol. The van der Waals surface area contributed by atoms with E-state index in [4.69, 9.17) is 5.73 Å². The molecule has 2 N–H and O–H groups in total. The lowest BCUT2D eigenvalue weighted by Gasteiger charge is -2.21. The Labute approximate surface area is 74.2 Å². The molecule has 0 radical (unpaired) electrons.